The summed E-state index contributed by atoms with van der Waals surface area (Å²) in [6.45, 7) is 1.96. The Kier molecular flexibility index (Phi) is 7.01. The van der Waals surface area contributed by atoms with Crippen LogP contribution in [0, 0.1) is 18.8 Å². The van der Waals surface area contributed by atoms with E-state index in [4.69, 9.17) is 14.5 Å². The largest absolute Gasteiger partial charge is 0.497 e. The first-order valence-corrected chi connectivity index (χ1v) is 12.0. The van der Waals surface area contributed by atoms with Crippen molar-refractivity contribution in [1.82, 2.24) is 14.5 Å². The Morgan fingerprint density at radius 3 is 2.47 bits per heavy atom. The summed E-state index contributed by atoms with van der Waals surface area (Å²) >= 11 is 0. The normalized spacial score (nSPS) is 10.8. The van der Waals surface area contributed by atoms with Gasteiger partial charge in [0.2, 0.25) is 0 Å². The monoisotopic (exact) mass is 499 g/mol. The zero-order valence-corrected chi connectivity index (χ0v) is 21.3. The topological polar surface area (TPSA) is 66.2 Å². The third-order valence-corrected chi connectivity index (χ3v) is 6.10. The summed E-state index contributed by atoms with van der Waals surface area (Å²) in [6, 6.07) is 22.5. The van der Waals surface area contributed by atoms with Gasteiger partial charge in [-0.2, -0.15) is 0 Å². The lowest BCUT2D eigenvalue weighted by molar-refractivity contribution is 0.394. The Labute approximate surface area is 220 Å². The summed E-state index contributed by atoms with van der Waals surface area (Å²) in [5.41, 5.74) is 4.64. The summed E-state index contributed by atoms with van der Waals surface area (Å²) in [7, 11) is 3.22. The number of aryl methyl sites for hydroxylation is 1. The highest BCUT2D eigenvalue weighted by molar-refractivity contribution is 5.80. The molecular formula is C32H25N3O3. The SMILES string of the molecule is COc1ccc(C=Cc2nc3ccccc3c(=O)n2-c2ccc(C#Cc3cccnc3)cc2C)c(OC)c1. The number of hydrogen-bond donors (Lipinski definition) is 0. The molecular weight excluding hydrogens is 474 g/mol. The van der Waals surface area contributed by atoms with Crippen LogP contribution in [-0.4, -0.2) is 28.8 Å². The van der Waals surface area contributed by atoms with Gasteiger partial charge in [0.25, 0.3) is 5.56 Å². The molecule has 0 bridgehead atoms. The molecule has 186 valence electrons. The summed E-state index contributed by atoms with van der Waals surface area (Å²) in [6.07, 6.45) is 7.16. The number of hydrogen-bond acceptors (Lipinski definition) is 5. The van der Waals surface area contributed by atoms with Crippen LogP contribution in [0.1, 0.15) is 28.1 Å². The molecule has 6 nitrogen and oxygen atoms in total. The summed E-state index contributed by atoms with van der Waals surface area (Å²) in [5, 5.41) is 0.548. The maximum Gasteiger partial charge on any atom is 0.266 e. The lowest BCUT2D eigenvalue weighted by Gasteiger charge is -2.14. The fourth-order valence-corrected chi connectivity index (χ4v) is 4.18. The maximum atomic E-state index is 13.7. The summed E-state index contributed by atoms with van der Waals surface area (Å²) in [5.74, 6) is 8.16. The van der Waals surface area contributed by atoms with Crippen molar-refractivity contribution in [3.63, 3.8) is 0 Å². The molecule has 0 unspecified atom stereocenters. The smallest absolute Gasteiger partial charge is 0.266 e. The molecule has 0 aliphatic heterocycles. The number of nitrogens with zero attached hydrogens (tertiary/aromatic N) is 3. The van der Waals surface area contributed by atoms with Crippen LogP contribution in [0.5, 0.6) is 11.5 Å². The van der Waals surface area contributed by atoms with Gasteiger partial charge in [0.15, 0.2) is 0 Å². The quantitative estimate of drug-likeness (QED) is 0.291. The highest BCUT2D eigenvalue weighted by Crippen LogP contribution is 2.27. The van der Waals surface area contributed by atoms with E-state index in [1.165, 1.54) is 0 Å². The maximum absolute atomic E-state index is 13.7. The van der Waals surface area contributed by atoms with E-state index in [9.17, 15) is 4.79 Å². The van der Waals surface area contributed by atoms with E-state index in [1.807, 2.05) is 85.8 Å². The average molecular weight is 500 g/mol. The number of fused-ring (bicyclic) bond motifs is 1. The van der Waals surface area contributed by atoms with Gasteiger partial charge < -0.3 is 9.47 Å². The van der Waals surface area contributed by atoms with Crippen molar-refractivity contribution in [2.75, 3.05) is 14.2 Å². The standard InChI is InChI=1S/C32H25N3O3/c1-22-19-23(10-11-24-7-6-18-33-21-24)12-16-29(22)35-31(34-28-9-5-4-8-27(28)32(35)36)17-14-25-13-15-26(37-2)20-30(25)38-3/h4-9,12-21H,1-3H3. The van der Waals surface area contributed by atoms with Crippen molar-refractivity contribution in [3.8, 4) is 29.0 Å². The van der Waals surface area contributed by atoms with Gasteiger partial charge in [0.1, 0.15) is 17.3 Å². The van der Waals surface area contributed by atoms with Crippen LogP contribution in [0.15, 0.2) is 90.0 Å². The second-order valence-electron chi connectivity index (χ2n) is 8.56. The first kappa shape index (κ1) is 24.5. The number of methoxy groups -OCH3 is 2. The molecule has 0 N–H and O–H groups in total. The molecule has 0 saturated carbocycles. The van der Waals surface area contributed by atoms with E-state index in [-0.39, 0.29) is 5.56 Å². The average Bonchev–Trinajstić information content (AvgIpc) is 2.96. The van der Waals surface area contributed by atoms with Crippen LogP contribution in [0.3, 0.4) is 0 Å². The molecule has 5 aromatic rings. The number of benzene rings is 3. The number of aromatic nitrogens is 3. The van der Waals surface area contributed by atoms with Gasteiger partial charge in [0.05, 0.1) is 30.8 Å². The van der Waals surface area contributed by atoms with Crippen LogP contribution < -0.4 is 15.0 Å². The first-order chi connectivity index (χ1) is 18.6. The molecule has 0 aliphatic rings. The Morgan fingerprint density at radius 1 is 0.868 bits per heavy atom. The van der Waals surface area contributed by atoms with Crippen LogP contribution in [-0.2, 0) is 0 Å². The molecule has 38 heavy (non-hydrogen) atoms. The van der Waals surface area contributed by atoms with Gasteiger partial charge >= 0.3 is 0 Å². The van der Waals surface area contributed by atoms with Crippen molar-refractivity contribution >= 4 is 23.1 Å². The van der Waals surface area contributed by atoms with Gasteiger partial charge in [-0.05, 0) is 79.2 Å². The second kappa shape index (κ2) is 10.9. The van der Waals surface area contributed by atoms with E-state index in [2.05, 4.69) is 16.8 Å². The molecule has 0 saturated heterocycles. The van der Waals surface area contributed by atoms with Crippen molar-refractivity contribution < 1.29 is 9.47 Å². The minimum atomic E-state index is -0.144. The molecule has 2 aromatic heterocycles. The number of rotatable bonds is 5. The summed E-state index contributed by atoms with van der Waals surface area (Å²) in [4.78, 5) is 22.7. The number of para-hydroxylation sites is 1. The Balaban J connectivity index is 1.62. The molecule has 0 atom stereocenters. The first-order valence-electron chi connectivity index (χ1n) is 12.0. The van der Waals surface area contributed by atoms with Crippen molar-refractivity contribution in [1.29, 1.82) is 0 Å². The van der Waals surface area contributed by atoms with E-state index in [1.54, 1.807) is 37.2 Å². The Hall–Kier alpha value is -5.15. The van der Waals surface area contributed by atoms with Crippen molar-refractivity contribution in [3.05, 3.63) is 124 Å². The Morgan fingerprint density at radius 2 is 1.71 bits per heavy atom. The zero-order valence-electron chi connectivity index (χ0n) is 21.3. The molecule has 6 heteroatoms. The minimum absolute atomic E-state index is 0.144. The fourth-order valence-electron chi connectivity index (χ4n) is 4.18. The van der Waals surface area contributed by atoms with Gasteiger partial charge in [-0.25, -0.2) is 4.98 Å². The number of ether oxygens (including phenoxy) is 2. The van der Waals surface area contributed by atoms with Crippen molar-refractivity contribution in [2.45, 2.75) is 6.92 Å². The van der Waals surface area contributed by atoms with Crippen LogP contribution in [0.25, 0.3) is 28.7 Å². The molecule has 0 aliphatic carbocycles. The predicted octanol–water partition coefficient (Wildman–Crippen LogP) is 5.68. The Bertz CT molecular complexity index is 1780. The molecule has 0 fully saturated rings. The third-order valence-electron chi connectivity index (χ3n) is 6.10. The van der Waals surface area contributed by atoms with Gasteiger partial charge in [0, 0.05) is 35.2 Å². The van der Waals surface area contributed by atoms with E-state index < -0.39 is 0 Å². The third kappa shape index (κ3) is 5.04. The molecule has 0 radical (unpaired) electrons. The molecule has 0 spiro atoms. The lowest BCUT2D eigenvalue weighted by Crippen LogP contribution is -2.23. The predicted molar refractivity (Wildman–Crippen MR) is 151 cm³/mol. The fraction of sp³-hybridized carbons (Fsp3) is 0.0938. The minimum Gasteiger partial charge on any atom is -0.497 e. The van der Waals surface area contributed by atoms with Crippen molar-refractivity contribution in [2.24, 2.45) is 0 Å². The zero-order chi connectivity index (χ0) is 26.5. The van der Waals surface area contributed by atoms with E-state index in [0.717, 1.165) is 27.9 Å². The highest BCUT2D eigenvalue weighted by atomic mass is 16.5. The van der Waals surface area contributed by atoms with E-state index in [0.29, 0.717) is 28.2 Å². The molecule has 5 rings (SSSR count). The van der Waals surface area contributed by atoms with Crippen LogP contribution in [0.4, 0.5) is 0 Å². The number of pyridine rings is 1. The molecule has 2 heterocycles. The highest BCUT2D eigenvalue weighted by Gasteiger charge is 2.13. The van der Waals surface area contributed by atoms with Gasteiger partial charge in [-0.1, -0.05) is 24.0 Å². The lowest BCUT2D eigenvalue weighted by atomic mass is 10.1. The van der Waals surface area contributed by atoms with Crippen LogP contribution >= 0.6 is 0 Å². The molecule has 3 aromatic carbocycles. The summed E-state index contributed by atoms with van der Waals surface area (Å²) < 4.78 is 12.5. The van der Waals surface area contributed by atoms with Gasteiger partial charge in [-0.15, -0.1) is 0 Å². The van der Waals surface area contributed by atoms with E-state index >= 15 is 0 Å². The molecule has 0 amide bonds. The second-order valence-corrected chi connectivity index (χ2v) is 8.56. The van der Waals surface area contributed by atoms with Gasteiger partial charge in [-0.3, -0.25) is 14.3 Å². The van der Waals surface area contributed by atoms with Crippen LogP contribution in [0.2, 0.25) is 0 Å².